The highest BCUT2D eigenvalue weighted by atomic mass is 32.1. The molecule has 1 amide bonds. The number of amides is 1. The van der Waals surface area contributed by atoms with E-state index in [1.165, 1.54) is 0 Å². The summed E-state index contributed by atoms with van der Waals surface area (Å²) in [7, 11) is 0. The van der Waals surface area contributed by atoms with Gasteiger partial charge in [0, 0.05) is 30.1 Å². The third-order valence-electron chi connectivity index (χ3n) is 4.46. The van der Waals surface area contributed by atoms with Crippen molar-refractivity contribution in [2.45, 2.75) is 39.2 Å². The van der Waals surface area contributed by atoms with E-state index < -0.39 is 0 Å². The number of H-pyrrole nitrogens is 1. The van der Waals surface area contributed by atoms with Crippen LogP contribution in [0.15, 0.2) is 23.6 Å². The molecule has 0 saturated carbocycles. The Labute approximate surface area is 143 Å². The molecule has 1 aliphatic rings. The Bertz CT molecular complexity index is 877. The summed E-state index contributed by atoms with van der Waals surface area (Å²) in [4.78, 5) is 13.2. The number of hydrogen-bond donors (Lipinski definition) is 2. The van der Waals surface area contributed by atoms with Gasteiger partial charge in [-0.25, -0.2) is 0 Å². The fourth-order valence-corrected chi connectivity index (χ4v) is 4.12. The minimum absolute atomic E-state index is 0.0325. The minimum atomic E-state index is 0.0325. The van der Waals surface area contributed by atoms with Crippen LogP contribution in [0.25, 0.3) is 10.6 Å². The lowest BCUT2D eigenvalue weighted by Crippen LogP contribution is -2.23. The van der Waals surface area contributed by atoms with E-state index in [9.17, 15) is 4.79 Å². The molecule has 2 N–H and O–H groups in total. The lowest BCUT2D eigenvalue weighted by molar-refractivity contribution is -0.116. The number of carbonyl (C=O) groups is 1. The molecule has 4 rings (SSSR count). The van der Waals surface area contributed by atoms with Gasteiger partial charge in [0.15, 0.2) is 5.82 Å². The van der Waals surface area contributed by atoms with E-state index in [1.54, 1.807) is 11.3 Å². The molecule has 0 saturated heterocycles. The van der Waals surface area contributed by atoms with Gasteiger partial charge in [-0.1, -0.05) is 6.07 Å². The third-order valence-corrected chi connectivity index (χ3v) is 5.35. The highest BCUT2D eigenvalue weighted by molar-refractivity contribution is 7.13. The van der Waals surface area contributed by atoms with E-state index in [0.717, 1.165) is 40.5 Å². The van der Waals surface area contributed by atoms with Gasteiger partial charge in [0.25, 0.3) is 0 Å². The quantitative estimate of drug-likeness (QED) is 0.763. The average Bonchev–Trinajstić information content (AvgIpc) is 3.24. The van der Waals surface area contributed by atoms with Crippen molar-refractivity contribution in [2.75, 3.05) is 5.32 Å². The second-order valence-corrected chi connectivity index (χ2v) is 7.17. The number of nitrogens with zero attached hydrogens (tertiary/aromatic N) is 3. The maximum absolute atomic E-state index is 12.0. The van der Waals surface area contributed by atoms with Crippen LogP contribution in [0.5, 0.6) is 0 Å². The zero-order chi connectivity index (χ0) is 16.7. The van der Waals surface area contributed by atoms with E-state index in [0.29, 0.717) is 12.2 Å². The molecule has 0 bridgehead atoms. The Kier molecular flexibility index (Phi) is 3.72. The number of fused-ring (bicyclic) bond motifs is 1. The number of aromatic nitrogens is 4. The fraction of sp³-hybridized carbons (Fsp3) is 0.353. The monoisotopic (exact) mass is 341 g/mol. The van der Waals surface area contributed by atoms with Gasteiger partial charge in [-0.05, 0) is 37.8 Å². The van der Waals surface area contributed by atoms with Crippen LogP contribution in [0, 0.1) is 13.8 Å². The molecule has 0 aliphatic carbocycles. The number of rotatable bonds is 4. The summed E-state index contributed by atoms with van der Waals surface area (Å²) in [5.74, 6) is 0.853. The van der Waals surface area contributed by atoms with Crippen molar-refractivity contribution in [3.63, 3.8) is 0 Å². The summed E-state index contributed by atoms with van der Waals surface area (Å²) in [5, 5.41) is 16.9. The van der Waals surface area contributed by atoms with Crippen molar-refractivity contribution < 1.29 is 4.79 Å². The third kappa shape index (κ3) is 2.65. The van der Waals surface area contributed by atoms with Crippen LogP contribution in [-0.2, 0) is 11.3 Å². The van der Waals surface area contributed by atoms with E-state index in [-0.39, 0.29) is 11.8 Å². The van der Waals surface area contributed by atoms with E-state index in [4.69, 9.17) is 0 Å². The van der Waals surface area contributed by atoms with Gasteiger partial charge in [-0.15, -0.1) is 11.3 Å². The topological polar surface area (TPSA) is 75.6 Å². The number of carbonyl (C=O) groups excluding carboxylic acids is 1. The summed E-state index contributed by atoms with van der Waals surface area (Å²) >= 11 is 1.68. The molecule has 7 heteroatoms. The first-order valence-corrected chi connectivity index (χ1v) is 8.93. The maximum atomic E-state index is 12.0. The first-order chi connectivity index (χ1) is 11.6. The number of hydrogen-bond acceptors (Lipinski definition) is 4. The zero-order valence-electron chi connectivity index (χ0n) is 13.7. The lowest BCUT2D eigenvalue weighted by atomic mass is 9.88. The van der Waals surface area contributed by atoms with Crippen LogP contribution in [0.4, 0.5) is 5.82 Å². The van der Waals surface area contributed by atoms with Crippen molar-refractivity contribution in [1.82, 2.24) is 20.0 Å². The largest absolute Gasteiger partial charge is 0.309 e. The molecule has 1 aliphatic heterocycles. The smallest absolute Gasteiger partial charge is 0.226 e. The first kappa shape index (κ1) is 15.1. The second kappa shape index (κ2) is 5.90. The Morgan fingerprint density at radius 1 is 1.42 bits per heavy atom. The molecular formula is C17H19N5OS. The molecule has 24 heavy (non-hydrogen) atoms. The molecule has 3 aromatic rings. The molecule has 0 unspecified atom stereocenters. The molecule has 0 spiro atoms. The van der Waals surface area contributed by atoms with Crippen LogP contribution in [-0.4, -0.2) is 25.9 Å². The average molecular weight is 341 g/mol. The van der Waals surface area contributed by atoms with Crippen LogP contribution in [0.1, 0.15) is 35.7 Å². The van der Waals surface area contributed by atoms with Gasteiger partial charge in [0.2, 0.25) is 5.91 Å². The van der Waals surface area contributed by atoms with E-state index >= 15 is 0 Å². The van der Waals surface area contributed by atoms with Crippen molar-refractivity contribution >= 4 is 23.1 Å². The zero-order valence-corrected chi connectivity index (χ0v) is 14.5. The highest BCUT2D eigenvalue weighted by Crippen LogP contribution is 2.41. The van der Waals surface area contributed by atoms with Crippen LogP contribution in [0.3, 0.4) is 0 Å². The molecule has 6 nitrogen and oxygen atoms in total. The molecule has 3 aromatic heterocycles. The number of anilines is 1. The van der Waals surface area contributed by atoms with E-state index in [1.807, 2.05) is 17.7 Å². The van der Waals surface area contributed by atoms with E-state index in [2.05, 4.69) is 45.0 Å². The fourth-order valence-electron chi connectivity index (χ4n) is 3.39. The number of nitrogens with one attached hydrogen (secondary N) is 2. The minimum Gasteiger partial charge on any atom is -0.309 e. The Balaban J connectivity index is 1.64. The second-order valence-electron chi connectivity index (χ2n) is 6.23. The van der Waals surface area contributed by atoms with Gasteiger partial charge in [-0.3, -0.25) is 14.6 Å². The molecular weight excluding hydrogens is 322 g/mol. The Hall–Kier alpha value is -2.41. The van der Waals surface area contributed by atoms with Crippen LogP contribution >= 0.6 is 11.3 Å². The molecule has 1 atom stereocenters. The first-order valence-electron chi connectivity index (χ1n) is 8.05. The Morgan fingerprint density at radius 2 is 2.29 bits per heavy atom. The van der Waals surface area contributed by atoms with Crippen LogP contribution in [0.2, 0.25) is 0 Å². The summed E-state index contributed by atoms with van der Waals surface area (Å²) in [6, 6.07) is 6.18. The van der Waals surface area contributed by atoms with Gasteiger partial charge < -0.3 is 5.32 Å². The SMILES string of the molecule is Cc1cc(C)n(CC[C@@H]2CC(=O)Nc3n[nH]c(-c4cccs4)c32)n1. The summed E-state index contributed by atoms with van der Waals surface area (Å²) < 4.78 is 2.02. The molecule has 0 aromatic carbocycles. The van der Waals surface area contributed by atoms with Crippen molar-refractivity contribution in [1.29, 1.82) is 0 Å². The van der Waals surface area contributed by atoms with Gasteiger partial charge in [-0.2, -0.15) is 10.2 Å². The molecule has 0 fully saturated rings. The predicted molar refractivity (Wildman–Crippen MR) is 94.2 cm³/mol. The normalized spacial score (nSPS) is 16.9. The highest BCUT2D eigenvalue weighted by Gasteiger charge is 2.31. The van der Waals surface area contributed by atoms with Crippen molar-refractivity contribution in [3.05, 3.63) is 40.5 Å². The number of thiophene rings is 1. The molecule has 0 radical (unpaired) electrons. The van der Waals surface area contributed by atoms with Gasteiger partial charge in [0.1, 0.15) is 0 Å². The summed E-state index contributed by atoms with van der Waals surface area (Å²) in [6.45, 7) is 4.86. The molecule has 124 valence electrons. The Morgan fingerprint density at radius 3 is 3.00 bits per heavy atom. The predicted octanol–water partition coefficient (Wildman–Crippen LogP) is 3.47. The lowest BCUT2D eigenvalue weighted by Gasteiger charge is -2.23. The number of aryl methyl sites for hydroxylation is 3. The van der Waals surface area contributed by atoms with Crippen molar-refractivity contribution in [2.24, 2.45) is 0 Å². The van der Waals surface area contributed by atoms with Gasteiger partial charge in [0.05, 0.1) is 16.3 Å². The van der Waals surface area contributed by atoms with Crippen LogP contribution < -0.4 is 5.32 Å². The maximum Gasteiger partial charge on any atom is 0.226 e. The summed E-state index contributed by atoms with van der Waals surface area (Å²) in [5.41, 5.74) is 4.33. The standard InChI is InChI=1S/C17H19N5OS/c1-10-8-11(2)22(21-10)6-5-12-9-14(23)18-17-15(12)16(19-20-17)13-4-3-7-24-13/h3-4,7-8,12H,5-6,9H2,1-2H3,(H2,18,19,20,23)/t12-/m1/s1. The van der Waals surface area contributed by atoms with Gasteiger partial charge >= 0.3 is 0 Å². The molecule has 4 heterocycles. The summed E-state index contributed by atoms with van der Waals surface area (Å²) in [6.07, 6.45) is 1.35. The van der Waals surface area contributed by atoms with Crippen molar-refractivity contribution in [3.8, 4) is 10.6 Å². The number of aromatic amines is 1.